The minimum atomic E-state index is -4.39. The maximum atomic E-state index is 12.4. The molecule has 0 aliphatic heterocycles. The molecule has 1 aromatic carbocycles. The molecule has 76 valence electrons. The number of anilines is 1. The van der Waals surface area contributed by atoms with E-state index in [1.165, 1.54) is 6.07 Å². The van der Waals surface area contributed by atoms with Crippen LogP contribution < -0.4 is 5.73 Å². The molecule has 0 saturated carbocycles. The molecule has 1 aromatic rings. The molecule has 0 radical (unpaired) electrons. The van der Waals surface area contributed by atoms with E-state index in [0.29, 0.717) is 12.0 Å². The number of halogens is 3. The minimum Gasteiger partial charge on any atom is -0.398 e. The lowest BCUT2D eigenvalue weighted by molar-refractivity contribution is -0.136. The monoisotopic (exact) mass is 201 g/mol. The van der Waals surface area contributed by atoms with Gasteiger partial charge in [-0.2, -0.15) is 13.2 Å². The Bertz CT molecular complexity index is 342. The molecule has 0 atom stereocenters. The van der Waals surface area contributed by atoms with Crippen LogP contribution in [0.15, 0.2) is 30.9 Å². The standard InChI is InChI=1S/C10H10F3N/c1-2-3-7-4-5-9(14)8(6-7)10(11,12)13/h2,4-6H,1,3,14H2. The molecule has 0 amide bonds. The van der Waals surface area contributed by atoms with Crippen LogP contribution in [0.3, 0.4) is 0 Å². The van der Waals surface area contributed by atoms with Gasteiger partial charge in [-0.05, 0) is 24.1 Å². The van der Waals surface area contributed by atoms with Crippen LogP contribution in [-0.2, 0) is 12.6 Å². The van der Waals surface area contributed by atoms with Crippen LogP contribution >= 0.6 is 0 Å². The molecule has 0 fully saturated rings. The van der Waals surface area contributed by atoms with Gasteiger partial charge in [0.25, 0.3) is 0 Å². The van der Waals surface area contributed by atoms with Gasteiger partial charge in [-0.15, -0.1) is 6.58 Å². The topological polar surface area (TPSA) is 26.0 Å². The zero-order chi connectivity index (χ0) is 10.8. The summed E-state index contributed by atoms with van der Waals surface area (Å²) in [5.41, 5.74) is 4.76. The highest BCUT2D eigenvalue weighted by molar-refractivity contribution is 5.50. The van der Waals surface area contributed by atoms with Gasteiger partial charge in [-0.1, -0.05) is 12.1 Å². The Morgan fingerprint density at radius 1 is 1.36 bits per heavy atom. The van der Waals surface area contributed by atoms with Crippen molar-refractivity contribution in [1.29, 1.82) is 0 Å². The SMILES string of the molecule is C=CCc1ccc(N)c(C(F)(F)F)c1. The van der Waals surface area contributed by atoms with Crippen molar-refractivity contribution in [1.82, 2.24) is 0 Å². The highest BCUT2D eigenvalue weighted by Crippen LogP contribution is 2.34. The number of allylic oxidation sites excluding steroid dienone is 1. The molecule has 1 nitrogen and oxygen atoms in total. The number of nitrogen functional groups attached to an aromatic ring is 1. The van der Waals surface area contributed by atoms with Gasteiger partial charge in [0, 0.05) is 5.69 Å². The summed E-state index contributed by atoms with van der Waals surface area (Å²) in [7, 11) is 0. The Labute approximate surface area is 80.0 Å². The maximum Gasteiger partial charge on any atom is 0.418 e. The number of hydrogen-bond acceptors (Lipinski definition) is 1. The zero-order valence-electron chi connectivity index (χ0n) is 7.43. The zero-order valence-corrected chi connectivity index (χ0v) is 7.43. The molecule has 0 spiro atoms. The van der Waals surface area contributed by atoms with Crippen LogP contribution in [0.5, 0.6) is 0 Å². The second-order valence-electron chi connectivity index (χ2n) is 2.91. The first-order valence-corrected chi connectivity index (χ1v) is 4.01. The maximum absolute atomic E-state index is 12.4. The van der Waals surface area contributed by atoms with Crippen molar-refractivity contribution in [2.45, 2.75) is 12.6 Å². The second-order valence-corrected chi connectivity index (χ2v) is 2.91. The summed E-state index contributed by atoms with van der Waals surface area (Å²) < 4.78 is 37.1. The van der Waals surface area contributed by atoms with Gasteiger partial charge in [-0.25, -0.2) is 0 Å². The summed E-state index contributed by atoms with van der Waals surface area (Å²) in [4.78, 5) is 0. The summed E-state index contributed by atoms with van der Waals surface area (Å²) in [5, 5.41) is 0. The van der Waals surface area contributed by atoms with Crippen molar-refractivity contribution in [3.8, 4) is 0 Å². The summed E-state index contributed by atoms with van der Waals surface area (Å²) in [6.07, 6.45) is -2.43. The Kier molecular flexibility index (Phi) is 2.84. The average molecular weight is 201 g/mol. The normalized spacial score (nSPS) is 11.4. The first kappa shape index (κ1) is 10.6. The van der Waals surface area contributed by atoms with E-state index >= 15 is 0 Å². The number of rotatable bonds is 2. The van der Waals surface area contributed by atoms with E-state index in [2.05, 4.69) is 6.58 Å². The van der Waals surface area contributed by atoms with Crippen LogP contribution in [-0.4, -0.2) is 0 Å². The summed E-state index contributed by atoms with van der Waals surface area (Å²) in [5.74, 6) is 0. The average Bonchev–Trinajstić information content (AvgIpc) is 2.07. The van der Waals surface area contributed by atoms with Gasteiger partial charge in [0.1, 0.15) is 0 Å². The van der Waals surface area contributed by atoms with E-state index in [9.17, 15) is 13.2 Å². The van der Waals surface area contributed by atoms with E-state index in [1.807, 2.05) is 0 Å². The fraction of sp³-hybridized carbons (Fsp3) is 0.200. The Morgan fingerprint density at radius 2 is 2.00 bits per heavy atom. The molecule has 0 aliphatic carbocycles. The molecule has 0 aliphatic rings. The third-order valence-electron chi connectivity index (χ3n) is 1.80. The highest BCUT2D eigenvalue weighted by atomic mass is 19.4. The lowest BCUT2D eigenvalue weighted by Gasteiger charge is -2.10. The third-order valence-corrected chi connectivity index (χ3v) is 1.80. The fourth-order valence-electron chi connectivity index (χ4n) is 1.14. The molecule has 14 heavy (non-hydrogen) atoms. The molecule has 0 bridgehead atoms. The van der Waals surface area contributed by atoms with E-state index in [-0.39, 0.29) is 5.69 Å². The summed E-state index contributed by atoms with van der Waals surface area (Å²) >= 11 is 0. The quantitative estimate of drug-likeness (QED) is 0.577. The lowest BCUT2D eigenvalue weighted by atomic mass is 10.1. The number of nitrogens with two attached hydrogens (primary N) is 1. The van der Waals surface area contributed by atoms with Crippen molar-refractivity contribution in [3.63, 3.8) is 0 Å². The van der Waals surface area contributed by atoms with Gasteiger partial charge < -0.3 is 5.73 Å². The minimum absolute atomic E-state index is 0.245. The lowest BCUT2D eigenvalue weighted by Crippen LogP contribution is -2.09. The van der Waals surface area contributed by atoms with Crippen LogP contribution in [0.2, 0.25) is 0 Å². The van der Waals surface area contributed by atoms with Crippen molar-refractivity contribution in [2.24, 2.45) is 0 Å². The largest absolute Gasteiger partial charge is 0.418 e. The molecule has 0 saturated heterocycles. The van der Waals surface area contributed by atoms with Gasteiger partial charge in [0.2, 0.25) is 0 Å². The molecular formula is C10H10F3N. The highest BCUT2D eigenvalue weighted by Gasteiger charge is 2.32. The van der Waals surface area contributed by atoms with Crippen LogP contribution in [0.25, 0.3) is 0 Å². The van der Waals surface area contributed by atoms with Crippen LogP contribution in [0.1, 0.15) is 11.1 Å². The van der Waals surface area contributed by atoms with E-state index < -0.39 is 11.7 Å². The molecule has 2 N–H and O–H groups in total. The predicted molar refractivity (Wildman–Crippen MR) is 49.8 cm³/mol. The Balaban J connectivity index is 3.15. The van der Waals surface area contributed by atoms with Crippen molar-refractivity contribution in [2.75, 3.05) is 5.73 Å². The van der Waals surface area contributed by atoms with Crippen molar-refractivity contribution >= 4 is 5.69 Å². The first-order valence-electron chi connectivity index (χ1n) is 4.01. The van der Waals surface area contributed by atoms with Gasteiger partial charge in [-0.3, -0.25) is 0 Å². The van der Waals surface area contributed by atoms with E-state index in [0.717, 1.165) is 6.07 Å². The van der Waals surface area contributed by atoms with E-state index in [4.69, 9.17) is 5.73 Å². The van der Waals surface area contributed by atoms with Gasteiger partial charge in [0.05, 0.1) is 5.56 Å². The number of hydrogen-bond donors (Lipinski definition) is 1. The molecule has 0 heterocycles. The Hall–Kier alpha value is -1.45. The van der Waals surface area contributed by atoms with E-state index in [1.54, 1.807) is 12.1 Å². The predicted octanol–water partition coefficient (Wildman–Crippen LogP) is 3.02. The summed E-state index contributed by atoms with van der Waals surface area (Å²) in [6, 6.07) is 3.88. The first-order chi connectivity index (χ1) is 6.45. The van der Waals surface area contributed by atoms with Gasteiger partial charge in [0.15, 0.2) is 0 Å². The fourth-order valence-corrected chi connectivity index (χ4v) is 1.14. The summed E-state index contributed by atoms with van der Waals surface area (Å²) in [6.45, 7) is 3.46. The smallest absolute Gasteiger partial charge is 0.398 e. The second kappa shape index (κ2) is 3.74. The molecule has 0 aromatic heterocycles. The van der Waals surface area contributed by atoms with Crippen molar-refractivity contribution in [3.05, 3.63) is 42.0 Å². The van der Waals surface area contributed by atoms with Crippen LogP contribution in [0, 0.1) is 0 Å². The number of alkyl halides is 3. The molecule has 4 heteroatoms. The number of benzene rings is 1. The molecule has 1 rings (SSSR count). The van der Waals surface area contributed by atoms with Crippen LogP contribution in [0.4, 0.5) is 18.9 Å². The van der Waals surface area contributed by atoms with Gasteiger partial charge >= 0.3 is 6.18 Å². The van der Waals surface area contributed by atoms with Crippen molar-refractivity contribution < 1.29 is 13.2 Å². The Morgan fingerprint density at radius 3 is 2.50 bits per heavy atom. The molecule has 0 unspecified atom stereocenters. The molecular weight excluding hydrogens is 191 g/mol. The third kappa shape index (κ3) is 2.28.